The fraction of sp³-hybridized carbons (Fsp3) is 0.667. The van der Waals surface area contributed by atoms with Crippen molar-refractivity contribution in [1.82, 2.24) is 15.3 Å². The Labute approximate surface area is 100 Å². The fourth-order valence-corrected chi connectivity index (χ4v) is 2.63. The van der Waals surface area contributed by atoms with E-state index in [0.717, 1.165) is 13.1 Å². The van der Waals surface area contributed by atoms with Gasteiger partial charge in [0.05, 0.1) is 12.4 Å². The summed E-state index contributed by atoms with van der Waals surface area (Å²) >= 11 is 0. The largest absolute Gasteiger partial charge is 0.353 e. The summed E-state index contributed by atoms with van der Waals surface area (Å²) < 4.78 is 12.6. The van der Waals surface area contributed by atoms with Crippen LogP contribution in [0.2, 0.25) is 0 Å². The lowest BCUT2D eigenvalue weighted by atomic mass is 9.89. The Hall–Kier alpha value is -1.23. The van der Waals surface area contributed by atoms with Gasteiger partial charge in [-0.1, -0.05) is 0 Å². The van der Waals surface area contributed by atoms with E-state index in [1.54, 1.807) is 0 Å². The summed E-state index contributed by atoms with van der Waals surface area (Å²) in [5.74, 6) is 0.104. The Morgan fingerprint density at radius 2 is 2.12 bits per heavy atom. The Morgan fingerprint density at radius 3 is 2.82 bits per heavy atom. The van der Waals surface area contributed by atoms with E-state index in [1.807, 2.05) is 0 Å². The summed E-state index contributed by atoms with van der Waals surface area (Å²) in [5, 5.41) is 6.66. The van der Waals surface area contributed by atoms with Gasteiger partial charge >= 0.3 is 0 Å². The molecule has 2 aliphatic rings. The van der Waals surface area contributed by atoms with Gasteiger partial charge in [0.1, 0.15) is 0 Å². The number of hydrogen-bond donors (Lipinski definition) is 2. The van der Waals surface area contributed by atoms with Crippen LogP contribution < -0.4 is 10.6 Å². The van der Waals surface area contributed by atoms with Gasteiger partial charge in [0.25, 0.3) is 0 Å². The molecule has 4 nitrogen and oxygen atoms in total. The van der Waals surface area contributed by atoms with Gasteiger partial charge in [0.2, 0.25) is 5.95 Å². The van der Waals surface area contributed by atoms with E-state index in [4.69, 9.17) is 0 Å². The first kappa shape index (κ1) is 10.9. The molecule has 1 aliphatic carbocycles. The zero-order chi connectivity index (χ0) is 11.7. The van der Waals surface area contributed by atoms with Gasteiger partial charge in [-0.3, -0.25) is 0 Å². The first-order valence-electron chi connectivity index (χ1n) is 6.21. The van der Waals surface area contributed by atoms with Crippen LogP contribution in [0, 0.1) is 11.2 Å². The minimum absolute atomic E-state index is 0.400. The van der Waals surface area contributed by atoms with E-state index in [0.29, 0.717) is 17.4 Å². The van der Waals surface area contributed by atoms with E-state index in [9.17, 15) is 4.39 Å². The van der Waals surface area contributed by atoms with E-state index in [-0.39, 0.29) is 0 Å². The predicted octanol–water partition coefficient (Wildman–Crippen LogP) is 1.56. The molecule has 1 aliphatic heterocycles. The molecule has 17 heavy (non-hydrogen) atoms. The molecule has 5 heteroatoms. The van der Waals surface area contributed by atoms with Gasteiger partial charge in [0.15, 0.2) is 5.82 Å². The average Bonchev–Trinajstić information content (AvgIpc) is 3.08. The molecular weight excluding hydrogens is 219 g/mol. The van der Waals surface area contributed by atoms with Gasteiger partial charge < -0.3 is 10.6 Å². The van der Waals surface area contributed by atoms with E-state index in [2.05, 4.69) is 20.6 Å². The fourth-order valence-electron chi connectivity index (χ4n) is 2.63. The molecule has 2 fully saturated rings. The molecule has 0 amide bonds. The maximum Gasteiger partial charge on any atom is 0.222 e. The summed E-state index contributed by atoms with van der Waals surface area (Å²) in [6.45, 7) is 1.92. The second-order valence-electron chi connectivity index (χ2n) is 5.21. The second kappa shape index (κ2) is 4.22. The van der Waals surface area contributed by atoms with Crippen LogP contribution in [0.15, 0.2) is 12.4 Å². The van der Waals surface area contributed by atoms with Crippen LogP contribution in [-0.4, -0.2) is 29.1 Å². The number of anilines is 1. The number of aromatic nitrogens is 2. The van der Waals surface area contributed by atoms with Crippen molar-refractivity contribution in [3.63, 3.8) is 0 Å². The van der Waals surface area contributed by atoms with E-state index in [1.165, 1.54) is 38.1 Å². The highest BCUT2D eigenvalue weighted by molar-refractivity contribution is 5.23. The number of halogens is 1. The Balaban J connectivity index is 1.52. The average molecular weight is 236 g/mol. The monoisotopic (exact) mass is 236 g/mol. The van der Waals surface area contributed by atoms with Gasteiger partial charge in [-0.15, -0.1) is 0 Å². The minimum atomic E-state index is -0.400. The van der Waals surface area contributed by atoms with Crippen LogP contribution in [0.3, 0.4) is 0 Å². The molecule has 1 saturated heterocycles. The quantitative estimate of drug-likeness (QED) is 0.836. The highest BCUT2D eigenvalue weighted by atomic mass is 19.1. The molecule has 1 aromatic rings. The maximum atomic E-state index is 12.6. The maximum absolute atomic E-state index is 12.6. The molecule has 3 rings (SSSR count). The molecule has 92 valence electrons. The standard InChI is InChI=1S/C12H17FN4/c13-9-6-15-11(16-7-9)17-8-10-5-12(1-2-12)3-4-14-10/h6-7,10,14H,1-5,8H2,(H,15,16,17)/t10-/m0/s1. The third kappa shape index (κ3) is 2.54. The first-order chi connectivity index (χ1) is 8.26. The lowest BCUT2D eigenvalue weighted by Crippen LogP contribution is -2.43. The van der Waals surface area contributed by atoms with Crippen LogP contribution >= 0.6 is 0 Å². The minimum Gasteiger partial charge on any atom is -0.353 e. The number of hydrogen-bond acceptors (Lipinski definition) is 4. The Morgan fingerprint density at radius 1 is 1.35 bits per heavy atom. The molecular formula is C12H17FN4. The lowest BCUT2D eigenvalue weighted by Gasteiger charge is -2.30. The van der Waals surface area contributed by atoms with Crippen molar-refractivity contribution < 1.29 is 4.39 Å². The molecule has 1 spiro atoms. The molecule has 2 N–H and O–H groups in total. The summed E-state index contributed by atoms with van der Waals surface area (Å²) in [7, 11) is 0. The second-order valence-corrected chi connectivity index (χ2v) is 5.21. The summed E-state index contributed by atoms with van der Waals surface area (Å²) in [6.07, 6.45) is 7.70. The Bertz CT molecular complexity index is 388. The molecule has 0 bridgehead atoms. The highest BCUT2D eigenvalue weighted by Gasteiger charge is 2.45. The van der Waals surface area contributed by atoms with Crippen molar-refractivity contribution in [2.24, 2.45) is 5.41 Å². The smallest absolute Gasteiger partial charge is 0.222 e. The Kier molecular flexibility index (Phi) is 2.70. The van der Waals surface area contributed by atoms with Crippen LogP contribution in [0.25, 0.3) is 0 Å². The number of rotatable bonds is 3. The predicted molar refractivity (Wildman–Crippen MR) is 63.2 cm³/mol. The molecule has 1 saturated carbocycles. The van der Waals surface area contributed by atoms with Crippen LogP contribution in [0.5, 0.6) is 0 Å². The van der Waals surface area contributed by atoms with Crippen LogP contribution in [-0.2, 0) is 0 Å². The normalized spacial score (nSPS) is 25.8. The van der Waals surface area contributed by atoms with Crippen LogP contribution in [0.1, 0.15) is 25.7 Å². The van der Waals surface area contributed by atoms with Crippen molar-refractivity contribution in [3.8, 4) is 0 Å². The molecule has 2 heterocycles. The van der Waals surface area contributed by atoms with E-state index >= 15 is 0 Å². The SMILES string of the molecule is Fc1cnc(NC[C@@H]2CC3(CCN2)CC3)nc1. The topological polar surface area (TPSA) is 49.8 Å². The summed E-state index contributed by atoms with van der Waals surface area (Å²) in [4.78, 5) is 7.78. The van der Waals surface area contributed by atoms with Crippen molar-refractivity contribution in [3.05, 3.63) is 18.2 Å². The molecule has 1 aromatic heterocycles. The molecule has 0 radical (unpaired) electrons. The van der Waals surface area contributed by atoms with Crippen molar-refractivity contribution in [1.29, 1.82) is 0 Å². The van der Waals surface area contributed by atoms with E-state index < -0.39 is 5.82 Å². The van der Waals surface area contributed by atoms with Crippen molar-refractivity contribution in [2.75, 3.05) is 18.4 Å². The van der Waals surface area contributed by atoms with Gasteiger partial charge in [-0.25, -0.2) is 14.4 Å². The summed E-state index contributed by atoms with van der Waals surface area (Å²) in [6, 6.07) is 0.486. The van der Waals surface area contributed by atoms with Crippen molar-refractivity contribution >= 4 is 5.95 Å². The number of nitrogens with zero attached hydrogens (tertiary/aromatic N) is 2. The lowest BCUT2D eigenvalue weighted by molar-refractivity contribution is 0.290. The van der Waals surface area contributed by atoms with Crippen molar-refractivity contribution in [2.45, 2.75) is 31.7 Å². The number of nitrogens with one attached hydrogen (secondary N) is 2. The molecule has 1 atom stereocenters. The third-order valence-corrected chi connectivity index (χ3v) is 3.85. The number of piperidine rings is 1. The van der Waals surface area contributed by atoms with Gasteiger partial charge in [0, 0.05) is 12.6 Å². The zero-order valence-electron chi connectivity index (χ0n) is 9.75. The van der Waals surface area contributed by atoms with Gasteiger partial charge in [-0.05, 0) is 37.6 Å². The van der Waals surface area contributed by atoms with Crippen LogP contribution in [0.4, 0.5) is 10.3 Å². The molecule has 0 unspecified atom stereocenters. The van der Waals surface area contributed by atoms with Gasteiger partial charge in [-0.2, -0.15) is 0 Å². The first-order valence-corrected chi connectivity index (χ1v) is 6.21. The third-order valence-electron chi connectivity index (χ3n) is 3.85. The molecule has 0 aromatic carbocycles. The summed E-state index contributed by atoms with van der Waals surface area (Å²) in [5.41, 5.74) is 0.640. The zero-order valence-corrected chi connectivity index (χ0v) is 9.75. The highest BCUT2D eigenvalue weighted by Crippen LogP contribution is 2.53.